The molecular formula is C20H31F2N5O3. The number of halogens is 2. The summed E-state index contributed by atoms with van der Waals surface area (Å²) in [4.78, 5) is 27.1. The predicted molar refractivity (Wildman–Crippen MR) is 105 cm³/mol. The minimum absolute atomic E-state index is 0.0722. The van der Waals surface area contributed by atoms with Gasteiger partial charge < -0.3 is 15.3 Å². The quantitative estimate of drug-likeness (QED) is 0.764. The SMILES string of the molecule is CNC(=O)[C@@H]1C[C@@H](O)CN1C(=O)[C@@H](n1cc(C2CCC(F)(F)CC2)nn1)C(C)(C)C. The fourth-order valence-electron chi connectivity index (χ4n) is 4.45. The van der Waals surface area contributed by atoms with Gasteiger partial charge in [0.1, 0.15) is 12.1 Å². The molecule has 1 saturated heterocycles. The summed E-state index contributed by atoms with van der Waals surface area (Å²) < 4.78 is 28.4. The molecule has 2 amide bonds. The molecule has 1 aliphatic heterocycles. The van der Waals surface area contributed by atoms with Gasteiger partial charge in [-0.1, -0.05) is 26.0 Å². The maximum atomic E-state index is 13.5. The number of hydrogen-bond donors (Lipinski definition) is 2. The zero-order valence-corrected chi connectivity index (χ0v) is 17.9. The second-order valence-corrected chi connectivity index (χ2v) is 9.53. The van der Waals surface area contributed by atoms with E-state index in [1.165, 1.54) is 16.6 Å². The number of aliphatic hydroxyl groups excluding tert-OH is 1. The Morgan fingerprint density at radius 2 is 1.93 bits per heavy atom. The van der Waals surface area contributed by atoms with E-state index < -0.39 is 29.5 Å². The van der Waals surface area contributed by atoms with Crippen molar-refractivity contribution in [2.45, 2.75) is 82.9 Å². The number of hydrogen-bond acceptors (Lipinski definition) is 5. The van der Waals surface area contributed by atoms with E-state index in [2.05, 4.69) is 15.6 Å². The van der Waals surface area contributed by atoms with Crippen LogP contribution >= 0.6 is 0 Å². The highest BCUT2D eigenvalue weighted by Crippen LogP contribution is 2.41. The average Bonchev–Trinajstić information content (AvgIpc) is 3.27. The number of carbonyl (C=O) groups is 2. The van der Waals surface area contributed by atoms with E-state index in [-0.39, 0.29) is 43.5 Å². The molecule has 2 aliphatic rings. The number of rotatable bonds is 4. The molecule has 1 aliphatic carbocycles. The molecule has 1 saturated carbocycles. The summed E-state index contributed by atoms with van der Waals surface area (Å²) in [6.07, 6.45) is 1.39. The molecule has 1 aromatic rings. The molecule has 10 heteroatoms. The molecule has 0 spiro atoms. The van der Waals surface area contributed by atoms with Gasteiger partial charge in [0.25, 0.3) is 0 Å². The molecule has 3 atom stereocenters. The highest BCUT2D eigenvalue weighted by molar-refractivity contribution is 5.90. The number of nitrogens with zero attached hydrogens (tertiary/aromatic N) is 4. The molecule has 0 bridgehead atoms. The Morgan fingerprint density at radius 1 is 1.30 bits per heavy atom. The lowest BCUT2D eigenvalue weighted by Gasteiger charge is -2.34. The van der Waals surface area contributed by atoms with E-state index in [4.69, 9.17) is 0 Å². The summed E-state index contributed by atoms with van der Waals surface area (Å²) in [6, 6.07) is -1.49. The molecule has 2 N–H and O–H groups in total. The fraction of sp³-hybridized carbons (Fsp3) is 0.800. The van der Waals surface area contributed by atoms with E-state index in [0.717, 1.165) is 0 Å². The van der Waals surface area contributed by atoms with Crippen LogP contribution in [0.1, 0.15) is 70.5 Å². The smallest absolute Gasteiger partial charge is 0.248 e. The van der Waals surface area contributed by atoms with Gasteiger partial charge in [0.15, 0.2) is 0 Å². The average molecular weight is 427 g/mol. The highest BCUT2D eigenvalue weighted by atomic mass is 19.3. The molecule has 0 radical (unpaired) electrons. The van der Waals surface area contributed by atoms with Gasteiger partial charge in [0, 0.05) is 45.0 Å². The summed E-state index contributed by atoms with van der Waals surface area (Å²) in [5.74, 6) is -3.38. The second kappa shape index (κ2) is 8.20. The van der Waals surface area contributed by atoms with E-state index in [1.807, 2.05) is 20.8 Å². The zero-order valence-electron chi connectivity index (χ0n) is 17.9. The minimum Gasteiger partial charge on any atom is -0.391 e. The van der Waals surface area contributed by atoms with E-state index >= 15 is 0 Å². The van der Waals surface area contributed by atoms with Gasteiger partial charge in [-0.2, -0.15) is 0 Å². The molecule has 0 unspecified atom stereocenters. The molecule has 0 aromatic carbocycles. The Balaban J connectivity index is 1.84. The van der Waals surface area contributed by atoms with Gasteiger partial charge in [0.2, 0.25) is 17.7 Å². The topological polar surface area (TPSA) is 100 Å². The third kappa shape index (κ3) is 4.63. The highest BCUT2D eigenvalue weighted by Gasteiger charge is 2.45. The lowest BCUT2D eigenvalue weighted by atomic mass is 9.84. The third-order valence-corrected chi connectivity index (χ3v) is 6.09. The standard InChI is InChI=1S/C20H31F2N5O3/c1-19(2,3)16(18(30)26-10-13(28)9-15(26)17(29)23-4)27-11-14(24-25-27)12-5-7-20(21,22)8-6-12/h11-13,15-16,28H,5-10H2,1-4H3,(H,23,29)/t13-,15+,16-/m1/s1. The first-order chi connectivity index (χ1) is 13.9. The van der Waals surface area contributed by atoms with Crippen LogP contribution in [-0.2, 0) is 9.59 Å². The van der Waals surface area contributed by atoms with E-state index in [1.54, 1.807) is 6.20 Å². The van der Waals surface area contributed by atoms with Crippen LogP contribution in [0.3, 0.4) is 0 Å². The van der Waals surface area contributed by atoms with Crippen molar-refractivity contribution in [3.63, 3.8) is 0 Å². The molecular weight excluding hydrogens is 396 g/mol. The van der Waals surface area contributed by atoms with Crippen LogP contribution in [0.15, 0.2) is 6.20 Å². The van der Waals surface area contributed by atoms with E-state index in [0.29, 0.717) is 18.5 Å². The Bertz CT molecular complexity index is 782. The maximum absolute atomic E-state index is 13.5. The summed E-state index contributed by atoms with van der Waals surface area (Å²) in [5, 5.41) is 21.0. The van der Waals surface area contributed by atoms with E-state index in [9.17, 15) is 23.5 Å². The number of likely N-dealkylation sites (tertiary alicyclic amines) is 1. The molecule has 2 fully saturated rings. The fourth-order valence-corrected chi connectivity index (χ4v) is 4.45. The summed E-state index contributed by atoms with van der Waals surface area (Å²) in [5.41, 5.74) is 0.0551. The number of aliphatic hydroxyl groups is 1. The first-order valence-electron chi connectivity index (χ1n) is 10.4. The molecule has 2 heterocycles. The predicted octanol–water partition coefficient (Wildman–Crippen LogP) is 1.87. The third-order valence-electron chi connectivity index (χ3n) is 6.09. The monoisotopic (exact) mass is 427 g/mol. The Morgan fingerprint density at radius 3 is 2.50 bits per heavy atom. The number of alkyl halides is 2. The lowest BCUT2D eigenvalue weighted by Crippen LogP contribution is -2.49. The van der Waals surface area contributed by atoms with Crippen LogP contribution in [0.2, 0.25) is 0 Å². The van der Waals surface area contributed by atoms with Gasteiger partial charge in [0.05, 0.1) is 11.8 Å². The van der Waals surface area contributed by atoms with Crippen LogP contribution in [0.25, 0.3) is 0 Å². The van der Waals surface area contributed by atoms with Gasteiger partial charge in [-0.05, 0) is 18.3 Å². The molecule has 3 rings (SSSR count). The Hall–Kier alpha value is -2.10. The van der Waals surface area contributed by atoms with Crippen molar-refractivity contribution in [1.82, 2.24) is 25.2 Å². The van der Waals surface area contributed by atoms with Crippen LogP contribution in [0.4, 0.5) is 8.78 Å². The molecule has 1 aromatic heterocycles. The van der Waals surface area contributed by atoms with Crippen LogP contribution in [0.5, 0.6) is 0 Å². The van der Waals surface area contributed by atoms with Crippen molar-refractivity contribution in [3.8, 4) is 0 Å². The van der Waals surface area contributed by atoms with Crippen molar-refractivity contribution in [2.24, 2.45) is 5.41 Å². The number of carbonyl (C=O) groups excluding carboxylic acids is 2. The van der Waals surface area contributed by atoms with Crippen molar-refractivity contribution < 1.29 is 23.5 Å². The molecule has 168 valence electrons. The van der Waals surface area contributed by atoms with Crippen LogP contribution in [0, 0.1) is 5.41 Å². The van der Waals surface area contributed by atoms with Crippen molar-refractivity contribution in [3.05, 3.63) is 11.9 Å². The number of aromatic nitrogens is 3. The number of nitrogens with one attached hydrogen (secondary N) is 1. The van der Waals surface area contributed by atoms with Gasteiger partial charge in [-0.3, -0.25) is 9.59 Å². The van der Waals surface area contributed by atoms with Crippen LogP contribution < -0.4 is 5.32 Å². The first kappa shape index (κ1) is 22.6. The molecule has 8 nitrogen and oxygen atoms in total. The van der Waals surface area contributed by atoms with Crippen LogP contribution in [-0.4, -0.2) is 68.5 Å². The summed E-state index contributed by atoms with van der Waals surface area (Å²) in [7, 11) is 1.49. The zero-order chi connectivity index (χ0) is 22.3. The van der Waals surface area contributed by atoms with Crippen molar-refractivity contribution >= 4 is 11.8 Å². The number of likely N-dealkylation sites (N-methyl/N-ethyl adjacent to an activating group) is 1. The Labute approximate surface area is 175 Å². The number of amides is 2. The second-order valence-electron chi connectivity index (χ2n) is 9.53. The largest absolute Gasteiger partial charge is 0.391 e. The maximum Gasteiger partial charge on any atom is 0.248 e. The van der Waals surface area contributed by atoms with Crippen molar-refractivity contribution in [2.75, 3.05) is 13.6 Å². The first-order valence-corrected chi connectivity index (χ1v) is 10.4. The number of β-amino-alcohol motifs (C(OH)–C–C–N with tert-alkyl or cyclic N) is 1. The summed E-state index contributed by atoms with van der Waals surface area (Å²) in [6.45, 7) is 5.74. The van der Waals surface area contributed by atoms with Gasteiger partial charge in [-0.15, -0.1) is 5.10 Å². The van der Waals surface area contributed by atoms with Gasteiger partial charge in [-0.25, -0.2) is 13.5 Å². The Kier molecular flexibility index (Phi) is 6.18. The normalized spacial score (nSPS) is 25.9. The molecule has 30 heavy (non-hydrogen) atoms. The van der Waals surface area contributed by atoms with Crippen molar-refractivity contribution in [1.29, 1.82) is 0 Å². The summed E-state index contributed by atoms with van der Waals surface area (Å²) >= 11 is 0. The minimum atomic E-state index is -2.62. The van der Waals surface area contributed by atoms with Gasteiger partial charge >= 0.3 is 0 Å². The lowest BCUT2D eigenvalue weighted by molar-refractivity contribution is -0.144.